The maximum absolute atomic E-state index is 11.8. The largest absolute Gasteiger partial charge is 0.547 e. The van der Waals surface area contributed by atoms with Gasteiger partial charge in [-0.2, -0.15) is 0 Å². The Bertz CT molecular complexity index is 676. The molecule has 0 unspecified atom stereocenters. The van der Waals surface area contributed by atoms with E-state index in [9.17, 15) is 24.5 Å². The molecule has 1 amide bonds. The SMILES string of the molecule is COc1cc2c(c(C(=O)O)c1)OB(O)[C@@H](NC(=O)CCC(C)=O)C2. The van der Waals surface area contributed by atoms with Gasteiger partial charge in [0.25, 0.3) is 0 Å². The summed E-state index contributed by atoms with van der Waals surface area (Å²) in [5, 5.41) is 21.9. The third-order valence-corrected chi connectivity index (χ3v) is 3.68. The first kappa shape index (κ1) is 17.8. The van der Waals surface area contributed by atoms with Gasteiger partial charge in [0, 0.05) is 12.8 Å². The zero-order chi connectivity index (χ0) is 17.9. The number of methoxy groups -OCH3 is 1. The molecule has 24 heavy (non-hydrogen) atoms. The minimum atomic E-state index is -1.38. The Morgan fingerprint density at radius 1 is 1.38 bits per heavy atom. The number of aromatic carboxylic acids is 1. The molecule has 0 radical (unpaired) electrons. The third kappa shape index (κ3) is 4.05. The van der Waals surface area contributed by atoms with Crippen LogP contribution in [-0.2, 0) is 16.0 Å². The smallest absolute Gasteiger partial charge is 0.534 e. The lowest BCUT2D eigenvalue weighted by atomic mass is 9.72. The molecule has 9 heteroatoms. The van der Waals surface area contributed by atoms with Crippen LogP contribution in [0.4, 0.5) is 0 Å². The van der Waals surface area contributed by atoms with Crippen molar-refractivity contribution >= 4 is 24.8 Å². The second-order valence-electron chi connectivity index (χ2n) is 5.56. The molecule has 8 nitrogen and oxygen atoms in total. The number of hydrogen-bond donors (Lipinski definition) is 3. The molecule has 1 aromatic carbocycles. The van der Waals surface area contributed by atoms with Crippen LogP contribution in [0.2, 0.25) is 0 Å². The van der Waals surface area contributed by atoms with E-state index in [1.54, 1.807) is 6.07 Å². The second-order valence-corrected chi connectivity index (χ2v) is 5.56. The lowest BCUT2D eigenvalue weighted by Gasteiger charge is -2.29. The molecule has 0 fully saturated rings. The monoisotopic (exact) mass is 335 g/mol. The highest BCUT2D eigenvalue weighted by molar-refractivity contribution is 6.47. The van der Waals surface area contributed by atoms with E-state index in [1.807, 2.05) is 0 Å². The van der Waals surface area contributed by atoms with Gasteiger partial charge < -0.3 is 29.6 Å². The molecule has 1 aliphatic rings. The lowest BCUT2D eigenvalue weighted by molar-refractivity contribution is -0.124. The van der Waals surface area contributed by atoms with Crippen LogP contribution >= 0.6 is 0 Å². The van der Waals surface area contributed by atoms with Gasteiger partial charge in [-0.1, -0.05) is 0 Å². The second kappa shape index (κ2) is 7.35. The van der Waals surface area contributed by atoms with Crippen LogP contribution in [0, 0.1) is 0 Å². The standard InChI is InChI=1S/C15H18BNO7/c1-8(18)3-4-13(19)17-12-6-9-5-10(23-2)7-11(15(20)21)14(9)24-16(12)22/h5,7,12,22H,3-4,6H2,1-2H3,(H,17,19)(H,20,21)/t12-/m0/s1. The molecule has 0 saturated heterocycles. The maximum atomic E-state index is 11.8. The van der Waals surface area contributed by atoms with Gasteiger partial charge in [-0.25, -0.2) is 4.79 Å². The first-order valence-electron chi connectivity index (χ1n) is 7.39. The fourth-order valence-electron chi connectivity index (χ4n) is 2.46. The molecule has 0 saturated carbocycles. The summed E-state index contributed by atoms with van der Waals surface area (Å²) >= 11 is 0. The highest BCUT2D eigenvalue weighted by atomic mass is 16.5. The normalized spacial score (nSPS) is 16.0. The van der Waals surface area contributed by atoms with Crippen LogP contribution in [0.15, 0.2) is 12.1 Å². The summed E-state index contributed by atoms with van der Waals surface area (Å²) < 4.78 is 10.4. The molecule has 1 heterocycles. The number of ketones is 1. The molecule has 3 N–H and O–H groups in total. The minimum absolute atomic E-state index is 0.0178. The molecule has 1 atom stereocenters. The van der Waals surface area contributed by atoms with Crippen molar-refractivity contribution in [2.75, 3.05) is 7.11 Å². The molecule has 1 aromatic rings. The number of benzene rings is 1. The number of carboxylic acid groups (broad SMARTS) is 1. The van der Waals surface area contributed by atoms with E-state index in [2.05, 4.69) is 5.32 Å². The predicted molar refractivity (Wildman–Crippen MR) is 84.1 cm³/mol. The highest BCUT2D eigenvalue weighted by Gasteiger charge is 2.38. The lowest BCUT2D eigenvalue weighted by Crippen LogP contribution is -2.53. The van der Waals surface area contributed by atoms with Crippen molar-refractivity contribution in [3.63, 3.8) is 0 Å². The van der Waals surface area contributed by atoms with E-state index in [1.165, 1.54) is 20.1 Å². The number of hydrogen-bond acceptors (Lipinski definition) is 6. The van der Waals surface area contributed by atoms with E-state index in [0.717, 1.165) is 0 Å². The number of nitrogens with one attached hydrogen (secondary N) is 1. The van der Waals surface area contributed by atoms with Crippen LogP contribution in [0.1, 0.15) is 35.7 Å². The number of carbonyl (C=O) groups is 3. The number of Topliss-reactive ketones (excluding diaryl/α,β-unsaturated/α-hetero) is 1. The summed E-state index contributed by atoms with van der Waals surface area (Å²) in [5.74, 6) is -2.04. The zero-order valence-electron chi connectivity index (χ0n) is 13.4. The Balaban J connectivity index is 2.19. The van der Waals surface area contributed by atoms with Gasteiger partial charge in [-0.05, 0) is 31.0 Å². The average molecular weight is 335 g/mol. The van der Waals surface area contributed by atoms with E-state index >= 15 is 0 Å². The van der Waals surface area contributed by atoms with E-state index in [-0.39, 0.29) is 42.3 Å². The predicted octanol–water partition coefficient (Wildman–Crippen LogP) is 0.202. The Morgan fingerprint density at radius 3 is 2.67 bits per heavy atom. The molecule has 1 aliphatic heterocycles. The molecule has 128 valence electrons. The van der Waals surface area contributed by atoms with Gasteiger partial charge in [-0.15, -0.1) is 0 Å². The van der Waals surface area contributed by atoms with Crippen LogP contribution in [-0.4, -0.2) is 48.0 Å². The summed E-state index contributed by atoms with van der Waals surface area (Å²) in [7, 11) is 0.0256. The average Bonchev–Trinajstić information content (AvgIpc) is 2.52. The van der Waals surface area contributed by atoms with Crippen molar-refractivity contribution in [3.8, 4) is 11.5 Å². The number of amides is 1. The molecule has 0 spiro atoms. The molecular formula is C15H18BNO7. The van der Waals surface area contributed by atoms with Gasteiger partial charge >= 0.3 is 13.1 Å². The summed E-state index contributed by atoms with van der Waals surface area (Å²) in [6.07, 6.45) is 0.312. The Morgan fingerprint density at radius 2 is 2.08 bits per heavy atom. The summed E-state index contributed by atoms with van der Waals surface area (Å²) in [6.45, 7) is 1.39. The van der Waals surface area contributed by atoms with Crippen molar-refractivity contribution in [2.45, 2.75) is 32.1 Å². The fraction of sp³-hybridized carbons (Fsp3) is 0.400. The quantitative estimate of drug-likeness (QED) is 0.635. The molecule has 0 aromatic heterocycles. The number of rotatable bonds is 6. The third-order valence-electron chi connectivity index (χ3n) is 3.68. The molecule has 0 aliphatic carbocycles. The van der Waals surface area contributed by atoms with Crippen LogP contribution in [0.3, 0.4) is 0 Å². The summed E-state index contributed by atoms with van der Waals surface area (Å²) in [5.41, 5.74) is 0.388. The summed E-state index contributed by atoms with van der Waals surface area (Å²) in [4.78, 5) is 34.1. The Kier molecular flexibility index (Phi) is 5.45. The molecule has 0 bridgehead atoms. The van der Waals surface area contributed by atoms with Gasteiger partial charge in [0.15, 0.2) is 0 Å². The Hall–Kier alpha value is -2.55. The number of fused-ring (bicyclic) bond motifs is 1. The minimum Gasteiger partial charge on any atom is -0.534 e. The zero-order valence-corrected chi connectivity index (χ0v) is 13.4. The number of ether oxygens (including phenoxy) is 1. The van der Waals surface area contributed by atoms with E-state index < -0.39 is 19.0 Å². The fourth-order valence-corrected chi connectivity index (χ4v) is 2.46. The van der Waals surface area contributed by atoms with Crippen molar-refractivity contribution < 1.29 is 33.9 Å². The first-order chi connectivity index (χ1) is 11.3. The number of carboxylic acids is 1. The van der Waals surface area contributed by atoms with Crippen LogP contribution in [0.5, 0.6) is 11.5 Å². The number of carbonyl (C=O) groups excluding carboxylic acids is 2. The topological polar surface area (TPSA) is 122 Å². The molecular weight excluding hydrogens is 317 g/mol. The van der Waals surface area contributed by atoms with E-state index in [4.69, 9.17) is 9.39 Å². The van der Waals surface area contributed by atoms with Gasteiger partial charge in [0.1, 0.15) is 22.8 Å². The van der Waals surface area contributed by atoms with Crippen LogP contribution in [0.25, 0.3) is 0 Å². The van der Waals surface area contributed by atoms with Crippen molar-refractivity contribution in [1.29, 1.82) is 0 Å². The first-order valence-corrected chi connectivity index (χ1v) is 7.39. The maximum Gasteiger partial charge on any atom is 0.547 e. The van der Waals surface area contributed by atoms with Crippen molar-refractivity contribution in [3.05, 3.63) is 23.3 Å². The Labute approximate surface area is 138 Å². The van der Waals surface area contributed by atoms with E-state index in [0.29, 0.717) is 11.3 Å². The van der Waals surface area contributed by atoms with Crippen molar-refractivity contribution in [1.82, 2.24) is 5.32 Å². The highest BCUT2D eigenvalue weighted by Crippen LogP contribution is 2.34. The van der Waals surface area contributed by atoms with Crippen LogP contribution < -0.4 is 14.7 Å². The van der Waals surface area contributed by atoms with Gasteiger partial charge in [-0.3, -0.25) is 4.79 Å². The summed E-state index contributed by atoms with van der Waals surface area (Å²) in [6, 6.07) is 2.90. The van der Waals surface area contributed by atoms with Gasteiger partial charge in [0.2, 0.25) is 5.91 Å². The molecule has 2 rings (SSSR count). The van der Waals surface area contributed by atoms with Crippen molar-refractivity contribution in [2.24, 2.45) is 0 Å². The van der Waals surface area contributed by atoms with Gasteiger partial charge in [0.05, 0.1) is 13.1 Å².